The molecule has 0 aromatic rings. The SMILES string of the molecule is CC1OCCC1N=C=O. The van der Waals surface area contributed by atoms with Gasteiger partial charge in [0.2, 0.25) is 6.08 Å². The summed E-state index contributed by atoms with van der Waals surface area (Å²) in [6.07, 6.45) is 2.50. The third kappa shape index (κ3) is 1.37. The van der Waals surface area contributed by atoms with Crippen molar-refractivity contribution in [1.29, 1.82) is 0 Å². The van der Waals surface area contributed by atoms with Crippen LogP contribution < -0.4 is 0 Å². The summed E-state index contributed by atoms with van der Waals surface area (Å²) in [5.41, 5.74) is 0. The van der Waals surface area contributed by atoms with E-state index in [1.165, 1.54) is 6.08 Å². The van der Waals surface area contributed by atoms with E-state index in [0.717, 1.165) is 13.0 Å². The second-order valence-electron chi connectivity index (χ2n) is 2.15. The summed E-state index contributed by atoms with van der Waals surface area (Å²) < 4.78 is 5.15. The molecule has 0 aliphatic carbocycles. The molecule has 1 aliphatic rings. The highest BCUT2D eigenvalue weighted by molar-refractivity contribution is 5.33. The fourth-order valence-corrected chi connectivity index (χ4v) is 0.958. The maximum absolute atomic E-state index is 9.76. The van der Waals surface area contributed by atoms with E-state index < -0.39 is 0 Å². The molecule has 0 aromatic carbocycles. The highest BCUT2D eigenvalue weighted by atomic mass is 16.5. The van der Waals surface area contributed by atoms with Crippen molar-refractivity contribution >= 4 is 6.08 Å². The van der Waals surface area contributed by atoms with Gasteiger partial charge in [0.05, 0.1) is 12.1 Å². The van der Waals surface area contributed by atoms with Gasteiger partial charge in [-0.25, -0.2) is 4.79 Å². The van der Waals surface area contributed by atoms with E-state index in [1.807, 2.05) is 6.92 Å². The van der Waals surface area contributed by atoms with Crippen LogP contribution in [-0.4, -0.2) is 24.8 Å². The van der Waals surface area contributed by atoms with E-state index in [2.05, 4.69) is 4.99 Å². The van der Waals surface area contributed by atoms with Crippen LogP contribution in [0.2, 0.25) is 0 Å². The minimum atomic E-state index is 0.0579. The summed E-state index contributed by atoms with van der Waals surface area (Å²) in [6.45, 7) is 2.63. The molecule has 2 unspecified atom stereocenters. The number of nitrogens with zero attached hydrogens (tertiary/aromatic N) is 1. The summed E-state index contributed by atoms with van der Waals surface area (Å²) in [7, 11) is 0. The van der Waals surface area contributed by atoms with Crippen molar-refractivity contribution in [2.75, 3.05) is 6.61 Å². The van der Waals surface area contributed by atoms with Gasteiger partial charge in [0.25, 0.3) is 0 Å². The third-order valence-electron chi connectivity index (χ3n) is 1.55. The summed E-state index contributed by atoms with van der Waals surface area (Å²) in [5.74, 6) is 0. The van der Waals surface area contributed by atoms with Crippen molar-refractivity contribution in [3.8, 4) is 0 Å². The lowest BCUT2D eigenvalue weighted by atomic mass is 10.2. The van der Waals surface area contributed by atoms with Crippen molar-refractivity contribution in [3.63, 3.8) is 0 Å². The smallest absolute Gasteiger partial charge is 0.235 e. The highest BCUT2D eigenvalue weighted by Crippen LogP contribution is 2.14. The highest BCUT2D eigenvalue weighted by Gasteiger charge is 2.22. The van der Waals surface area contributed by atoms with Gasteiger partial charge in [-0.2, -0.15) is 4.99 Å². The summed E-state index contributed by atoms with van der Waals surface area (Å²) >= 11 is 0. The first-order valence-corrected chi connectivity index (χ1v) is 3.03. The van der Waals surface area contributed by atoms with Crippen LogP contribution in [0.4, 0.5) is 0 Å². The molecule has 0 aromatic heterocycles. The number of isocyanates is 1. The van der Waals surface area contributed by atoms with Crippen LogP contribution in [0, 0.1) is 0 Å². The predicted octanol–water partition coefficient (Wildman–Crippen LogP) is 0.500. The van der Waals surface area contributed by atoms with Crippen LogP contribution >= 0.6 is 0 Å². The zero-order valence-electron chi connectivity index (χ0n) is 5.33. The quantitative estimate of drug-likeness (QED) is 0.380. The Morgan fingerprint density at radius 2 is 2.56 bits per heavy atom. The molecule has 0 radical (unpaired) electrons. The second kappa shape index (κ2) is 2.76. The van der Waals surface area contributed by atoms with Gasteiger partial charge in [-0.3, -0.25) is 0 Å². The molecule has 9 heavy (non-hydrogen) atoms. The average molecular weight is 127 g/mol. The predicted molar refractivity (Wildman–Crippen MR) is 31.9 cm³/mol. The maximum atomic E-state index is 9.76. The Balaban J connectivity index is 2.49. The molecule has 0 amide bonds. The topological polar surface area (TPSA) is 38.7 Å². The minimum absolute atomic E-state index is 0.0579. The molecule has 3 heteroatoms. The van der Waals surface area contributed by atoms with Gasteiger partial charge in [0.1, 0.15) is 0 Å². The van der Waals surface area contributed by atoms with Gasteiger partial charge in [-0.05, 0) is 13.3 Å². The minimum Gasteiger partial charge on any atom is -0.376 e. The molecule has 0 spiro atoms. The Morgan fingerprint density at radius 3 is 3.00 bits per heavy atom. The third-order valence-corrected chi connectivity index (χ3v) is 1.55. The zero-order chi connectivity index (χ0) is 6.69. The molecule has 0 N–H and O–H groups in total. The Hall–Kier alpha value is -0.660. The van der Waals surface area contributed by atoms with Gasteiger partial charge >= 0.3 is 0 Å². The van der Waals surface area contributed by atoms with Crippen LogP contribution in [-0.2, 0) is 9.53 Å². The molecule has 1 heterocycles. The van der Waals surface area contributed by atoms with E-state index in [0.29, 0.717) is 0 Å². The number of aliphatic imine (C=N–C) groups is 1. The van der Waals surface area contributed by atoms with Crippen LogP contribution in [0.25, 0.3) is 0 Å². The van der Waals surface area contributed by atoms with Crippen LogP contribution in [0.1, 0.15) is 13.3 Å². The molecule has 1 rings (SSSR count). The molecule has 1 fully saturated rings. The molecule has 50 valence electrons. The number of rotatable bonds is 1. The fraction of sp³-hybridized carbons (Fsp3) is 0.833. The Kier molecular flexibility index (Phi) is 1.98. The van der Waals surface area contributed by atoms with Gasteiger partial charge in [-0.15, -0.1) is 0 Å². The monoisotopic (exact) mass is 127 g/mol. The molecule has 3 nitrogen and oxygen atoms in total. The van der Waals surface area contributed by atoms with Crippen molar-refractivity contribution in [2.24, 2.45) is 4.99 Å². The lowest BCUT2D eigenvalue weighted by Crippen LogP contribution is -2.13. The molecule has 0 bridgehead atoms. The first-order chi connectivity index (χ1) is 4.34. The molecular weight excluding hydrogens is 118 g/mol. The summed E-state index contributed by atoms with van der Waals surface area (Å²) in [6, 6.07) is 0.0579. The normalized spacial score (nSPS) is 33.9. The van der Waals surface area contributed by atoms with Crippen molar-refractivity contribution in [3.05, 3.63) is 0 Å². The van der Waals surface area contributed by atoms with Crippen LogP contribution in [0.3, 0.4) is 0 Å². The summed E-state index contributed by atoms with van der Waals surface area (Å²) in [5, 5.41) is 0. The van der Waals surface area contributed by atoms with Gasteiger partial charge in [-0.1, -0.05) is 0 Å². The Morgan fingerprint density at radius 1 is 1.78 bits per heavy atom. The lowest BCUT2D eigenvalue weighted by molar-refractivity contribution is 0.119. The van der Waals surface area contributed by atoms with Crippen molar-refractivity contribution in [1.82, 2.24) is 0 Å². The van der Waals surface area contributed by atoms with Gasteiger partial charge in [0, 0.05) is 6.61 Å². The number of ether oxygens (including phenoxy) is 1. The molecular formula is C6H9NO2. The number of hydrogen-bond acceptors (Lipinski definition) is 3. The average Bonchev–Trinajstić information content (AvgIpc) is 2.18. The first-order valence-electron chi connectivity index (χ1n) is 3.03. The fourth-order valence-electron chi connectivity index (χ4n) is 0.958. The van der Waals surface area contributed by atoms with E-state index in [4.69, 9.17) is 4.74 Å². The lowest BCUT2D eigenvalue weighted by Gasteiger charge is -2.04. The van der Waals surface area contributed by atoms with E-state index in [-0.39, 0.29) is 12.1 Å². The standard InChI is InChI=1S/C6H9NO2/c1-5-6(7-4-8)2-3-9-5/h5-6H,2-3H2,1H3. The number of carbonyl (C=O) groups excluding carboxylic acids is 1. The van der Waals surface area contributed by atoms with E-state index in [1.54, 1.807) is 0 Å². The van der Waals surface area contributed by atoms with Crippen LogP contribution in [0.15, 0.2) is 4.99 Å². The van der Waals surface area contributed by atoms with E-state index >= 15 is 0 Å². The van der Waals surface area contributed by atoms with Gasteiger partial charge < -0.3 is 4.74 Å². The van der Waals surface area contributed by atoms with Crippen molar-refractivity contribution in [2.45, 2.75) is 25.5 Å². The molecule has 1 saturated heterocycles. The first kappa shape index (κ1) is 6.46. The van der Waals surface area contributed by atoms with E-state index in [9.17, 15) is 4.79 Å². The summed E-state index contributed by atoms with van der Waals surface area (Å²) in [4.78, 5) is 13.3. The van der Waals surface area contributed by atoms with Crippen molar-refractivity contribution < 1.29 is 9.53 Å². The molecule has 1 aliphatic heterocycles. The zero-order valence-corrected chi connectivity index (χ0v) is 5.33. The largest absolute Gasteiger partial charge is 0.376 e. The number of hydrogen-bond donors (Lipinski definition) is 0. The van der Waals surface area contributed by atoms with Crippen LogP contribution in [0.5, 0.6) is 0 Å². The Labute approximate surface area is 53.7 Å². The maximum Gasteiger partial charge on any atom is 0.235 e. The Bertz CT molecular complexity index is 140. The van der Waals surface area contributed by atoms with Gasteiger partial charge in [0.15, 0.2) is 0 Å². The molecule has 2 atom stereocenters. The second-order valence-corrected chi connectivity index (χ2v) is 2.15. The molecule has 0 saturated carbocycles.